The molecule has 1 heterocycles. The van der Waals surface area contributed by atoms with Gasteiger partial charge in [0.2, 0.25) is 0 Å². The van der Waals surface area contributed by atoms with Crippen LogP contribution >= 0.6 is 0 Å². The number of aryl methyl sites for hydroxylation is 2. The van der Waals surface area contributed by atoms with Crippen LogP contribution in [0, 0.1) is 13.8 Å². The lowest BCUT2D eigenvalue weighted by Gasteiger charge is -2.47. The summed E-state index contributed by atoms with van der Waals surface area (Å²) < 4.78 is 0. The Labute approximate surface area is 121 Å². The Morgan fingerprint density at radius 2 is 2.00 bits per heavy atom. The van der Waals surface area contributed by atoms with Crippen molar-refractivity contribution in [3.05, 3.63) is 28.8 Å². The SMILES string of the molecule is Cc1cc2c(cc1C)N(CC(=O)NN)C(C)(C)C[C@@H]2C. The molecule has 4 heteroatoms. The van der Waals surface area contributed by atoms with Gasteiger partial charge in [-0.2, -0.15) is 0 Å². The minimum absolute atomic E-state index is 0.0549. The van der Waals surface area contributed by atoms with E-state index in [0.717, 1.165) is 6.42 Å². The fourth-order valence-corrected chi connectivity index (χ4v) is 3.24. The van der Waals surface area contributed by atoms with Gasteiger partial charge in [-0.3, -0.25) is 10.2 Å². The Morgan fingerprint density at radius 1 is 1.40 bits per heavy atom. The van der Waals surface area contributed by atoms with Crippen LogP contribution in [0.3, 0.4) is 0 Å². The molecule has 3 N–H and O–H groups in total. The predicted molar refractivity (Wildman–Crippen MR) is 82.7 cm³/mol. The van der Waals surface area contributed by atoms with Crippen molar-refractivity contribution in [1.29, 1.82) is 0 Å². The maximum Gasteiger partial charge on any atom is 0.253 e. The minimum atomic E-state index is -0.156. The van der Waals surface area contributed by atoms with Crippen LogP contribution in [0.2, 0.25) is 0 Å². The van der Waals surface area contributed by atoms with Crippen LogP contribution in [0.4, 0.5) is 5.69 Å². The topological polar surface area (TPSA) is 58.4 Å². The van der Waals surface area contributed by atoms with Gasteiger partial charge in [-0.1, -0.05) is 13.0 Å². The summed E-state index contributed by atoms with van der Waals surface area (Å²) in [5.41, 5.74) is 7.24. The van der Waals surface area contributed by atoms with Crippen LogP contribution in [0.15, 0.2) is 12.1 Å². The number of anilines is 1. The first-order valence-electron chi connectivity index (χ1n) is 7.14. The molecule has 0 fully saturated rings. The maximum absolute atomic E-state index is 11.7. The number of fused-ring (bicyclic) bond motifs is 1. The highest BCUT2D eigenvalue weighted by Gasteiger charge is 2.37. The molecule has 4 nitrogen and oxygen atoms in total. The molecule has 1 aromatic rings. The molecule has 0 saturated carbocycles. The van der Waals surface area contributed by atoms with E-state index in [0.29, 0.717) is 12.5 Å². The Kier molecular flexibility index (Phi) is 3.78. The number of nitrogens with zero attached hydrogens (tertiary/aromatic N) is 1. The van der Waals surface area contributed by atoms with Crippen molar-refractivity contribution in [3.8, 4) is 0 Å². The lowest BCUT2D eigenvalue weighted by molar-refractivity contribution is -0.120. The molecule has 110 valence electrons. The summed E-state index contributed by atoms with van der Waals surface area (Å²) in [6.07, 6.45) is 1.03. The average molecular weight is 275 g/mol. The third-order valence-electron chi connectivity index (χ3n) is 4.46. The Balaban J connectivity index is 2.52. The molecule has 1 aliphatic heterocycles. The smallest absolute Gasteiger partial charge is 0.253 e. The summed E-state index contributed by atoms with van der Waals surface area (Å²) in [6.45, 7) is 11.2. The second kappa shape index (κ2) is 5.09. The number of hydrogen-bond acceptors (Lipinski definition) is 3. The van der Waals surface area contributed by atoms with Crippen molar-refractivity contribution in [3.63, 3.8) is 0 Å². The molecule has 20 heavy (non-hydrogen) atoms. The normalized spacial score (nSPS) is 20.5. The van der Waals surface area contributed by atoms with E-state index in [9.17, 15) is 4.79 Å². The number of rotatable bonds is 2. The molecule has 0 radical (unpaired) electrons. The summed E-state index contributed by atoms with van der Waals surface area (Å²) in [7, 11) is 0. The highest BCUT2D eigenvalue weighted by Crippen LogP contribution is 2.44. The minimum Gasteiger partial charge on any atom is -0.357 e. The fourth-order valence-electron chi connectivity index (χ4n) is 3.24. The van der Waals surface area contributed by atoms with Gasteiger partial charge in [-0.15, -0.1) is 0 Å². The quantitative estimate of drug-likeness (QED) is 0.495. The van der Waals surface area contributed by atoms with Gasteiger partial charge in [0.05, 0.1) is 6.54 Å². The Bertz CT molecular complexity index is 537. The summed E-state index contributed by atoms with van der Waals surface area (Å²) >= 11 is 0. The van der Waals surface area contributed by atoms with E-state index < -0.39 is 0 Å². The third kappa shape index (κ3) is 2.52. The van der Waals surface area contributed by atoms with Crippen LogP contribution in [0.5, 0.6) is 0 Å². The van der Waals surface area contributed by atoms with Crippen LogP contribution in [-0.4, -0.2) is 18.0 Å². The van der Waals surface area contributed by atoms with Crippen LogP contribution in [0.25, 0.3) is 0 Å². The summed E-state index contributed by atoms with van der Waals surface area (Å²) in [4.78, 5) is 13.9. The van der Waals surface area contributed by atoms with Gasteiger partial charge in [0.15, 0.2) is 0 Å². The zero-order chi connectivity index (χ0) is 15.1. The van der Waals surface area contributed by atoms with E-state index in [4.69, 9.17) is 5.84 Å². The van der Waals surface area contributed by atoms with Gasteiger partial charge in [-0.05, 0) is 62.8 Å². The largest absolute Gasteiger partial charge is 0.357 e. The monoisotopic (exact) mass is 275 g/mol. The lowest BCUT2D eigenvalue weighted by atomic mass is 9.79. The molecule has 0 aromatic heterocycles. The van der Waals surface area contributed by atoms with Crippen LogP contribution in [0.1, 0.15) is 49.8 Å². The number of carbonyl (C=O) groups excluding carboxylic acids is 1. The molecule has 0 spiro atoms. The van der Waals surface area contributed by atoms with E-state index in [1.165, 1.54) is 22.4 Å². The first kappa shape index (κ1) is 14.9. The van der Waals surface area contributed by atoms with Crippen molar-refractivity contribution in [1.82, 2.24) is 5.43 Å². The molecule has 0 unspecified atom stereocenters. The fraction of sp³-hybridized carbons (Fsp3) is 0.562. The number of hydrogen-bond donors (Lipinski definition) is 2. The highest BCUT2D eigenvalue weighted by atomic mass is 16.2. The standard InChI is InChI=1S/C16H25N3O/c1-10-6-13-12(3)8-16(4,5)19(9-15(20)18-17)14(13)7-11(10)2/h6-7,12H,8-9,17H2,1-5H3,(H,18,20)/t12-/m0/s1. The van der Waals surface area contributed by atoms with E-state index in [1.54, 1.807) is 0 Å². The molecule has 0 saturated heterocycles. The molecular weight excluding hydrogens is 250 g/mol. The molecule has 1 amide bonds. The maximum atomic E-state index is 11.7. The number of carbonyl (C=O) groups is 1. The summed E-state index contributed by atoms with van der Waals surface area (Å²) in [5.74, 6) is 5.59. The molecule has 1 aliphatic rings. The van der Waals surface area contributed by atoms with Gasteiger partial charge in [-0.25, -0.2) is 5.84 Å². The first-order valence-corrected chi connectivity index (χ1v) is 7.14. The number of nitrogens with two attached hydrogens (primary N) is 1. The zero-order valence-corrected chi connectivity index (χ0v) is 13.1. The molecular formula is C16H25N3O. The zero-order valence-electron chi connectivity index (χ0n) is 13.1. The number of benzene rings is 1. The summed E-state index contributed by atoms with van der Waals surface area (Å²) in [6, 6.07) is 4.46. The van der Waals surface area contributed by atoms with E-state index >= 15 is 0 Å². The molecule has 0 aliphatic carbocycles. The molecule has 2 rings (SSSR count). The van der Waals surface area contributed by atoms with Crippen molar-refractivity contribution in [2.75, 3.05) is 11.4 Å². The van der Waals surface area contributed by atoms with Crippen molar-refractivity contribution >= 4 is 11.6 Å². The molecule has 1 aromatic carbocycles. The van der Waals surface area contributed by atoms with Gasteiger partial charge in [0, 0.05) is 11.2 Å². The Hall–Kier alpha value is -1.55. The van der Waals surface area contributed by atoms with E-state index in [1.807, 2.05) is 0 Å². The summed E-state index contributed by atoms with van der Waals surface area (Å²) in [5, 5.41) is 0. The van der Waals surface area contributed by atoms with Crippen molar-refractivity contribution in [2.24, 2.45) is 5.84 Å². The predicted octanol–water partition coefficient (Wildman–Crippen LogP) is 2.39. The van der Waals surface area contributed by atoms with Crippen molar-refractivity contribution < 1.29 is 4.79 Å². The van der Waals surface area contributed by atoms with Gasteiger partial charge < -0.3 is 4.90 Å². The van der Waals surface area contributed by atoms with E-state index in [2.05, 4.69) is 57.1 Å². The van der Waals surface area contributed by atoms with E-state index in [-0.39, 0.29) is 11.4 Å². The molecule has 0 bridgehead atoms. The number of amides is 1. The van der Waals surface area contributed by atoms with Gasteiger partial charge >= 0.3 is 0 Å². The van der Waals surface area contributed by atoms with Gasteiger partial charge in [0.25, 0.3) is 5.91 Å². The number of hydrazine groups is 1. The molecule has 1 atom stereocenters. The lowest BCUT2D eigenvalue weighted by Crippen LogP contribution is -2.53. The second-order valence-corrected chi connectivity index (χ2v) is 6.57. The first-order chi connectivity index (χ1) is 9.26. The second-order valence-electron chi connectivity index (χ2n) is 6.57. The van der Waals surface area contributed by atoms with Gasteiger partial charge in [0.1, 0.15) is 0 Å². The Morgan fingerprint density at radius 3 is 2.60 bits per heavy atom. The third-order valence-corrected chi connectivity index (χ3v) is 4.46. The van der Waals surface area contributed by atoms with Crippen molar-refractivity contribution in [2.45, 2.75) is 52.5 Å². The average Bonchev–Trinajstić information content (AvgIpc) is 2.36. The van der Waals surface area contributed by atoms with Crippen LogP contribution < -0.4 is 16.2 Å². The number of nitrogens with one attached hydrogen (secondary N) is 1. The highest BCUT2D eigenvalue weighted by molar-refractivity contribution is 5.82. The van der Waals surface area contributed by atoms with Crippen LogP contribution in [-0.2, 0) is 4.79 Å².